The summed E-state index contributed by atoms with van der Waals surface area (Å²) in [6.07, 6.45) is 2.32. The van der Waals surface area contributed by atoms with Crippen molar-refractivity contribution in [1.82, 2.24) is 4.57 Å². The predicted molar refractivity (Wildman–Crippen MR) is 108 cm³/mol. The summed E-state index contributed by atoms with van der Waals surface area (Å²) in [5.74, 6) is 0.258. The van der Waals surface area contributed by atoms with Crippen LogP contribution in [0.3, 0.4) is 0 Å². The third-order valence-corrected chi connectivity index (χ3v) is 5.20. The number of aryl methyl sites for hydroxylation is 2. The van der Waals surface area contributed by atoms with Crippen molar-refractivity contribution < 1.29 is 19.1 Å². The van der Waals surface area contributed by atoms with E-state index >= 15 is 0 Å². The van der Waals surface area contributed by atoms with Crippen LogP contribution in [0.15, 0.2) is 24.3 Å². The average Bonchev–Trinajstić information content (AvgIpc) is 3.42. The summed E-state index contributed by atoms with van der Waals surface area (Å²) >= 11 is 0. The zero-order valence-corrected chi connectivity index (χ0v) is 17.4. The van der Waals surface area contributed by atoms with Crippen LogP contribution in [0.5, 0.6) is 5.75 Å². The molecule has 5 nitrogen and oxygen atoms in total. The van der Waals surface area contributed by atoms with E-state index < -0.39 is 5.97 Å². The molecule has 150 valence electrons. The van der Waals surface area contributed by atoms with Crippen LogP contribution in [0.4, 0.5) is 0 Å². The minimum absolute atomic E-state index is 0.174. The van der Waals surface area contributed by atoms with Gasteiger partial charge in [-0.05, 0) is 62.8 Å². The molecule has 0 aliphatic heterocycles. The second-order valence-electron chi connectivity index (χ2n) is 7.95. The molecule has 28 heavy (non-hydrogen) atoms. The smallest absolute Gasteiger partial charge is 0.344 e. The fourth-order valence-electron chi connectivity index (χ4n) is 3.60. The highest BCUT2D eigenvalue weighted by Crippen LogP contribution is 2.38. The molecule has 0 spiro atoms. The summed E-state index contributed by atoms with van der Waals surface area (Å²) in [6.45, 7) is 9.62. The van der Waals surface area contributed by atoms with E-state index in [-0.39, 0.29) is 24.9 Å². The Hall–Kier alpha value is -2.56. The lowest BCUT2D eigenvalue weighted by Crippen LogP contribution is -2.20. The Bertz CT molecular complexity index is 890. The Labute approximate surface area is 166 Å². The number of ether oxygens (including phenoxy) is 2. The molecular formula is C23H29NO4. The highest BCUT2D eigenvalue weighted by atomic mass is 16.6. The maximum atomic E-state index is 12.5. The number of hydrogen-bond acceptors (Lipinski definition) is 4. The number of esters is 1. The maximum Gasteiger partial charge on any atom is 0.344 e. The third-order valence-electron chi connectivity index (χ3n) is 5.20. The fraction of sp³-hybridized carbons (Fsp3) is 0.478. The average molecular weight is 383 g/mol. The van der Waals surface area contributed by atoms with E-state index in [1.165, 1.54) is 0 Å². The monoisotopic (exact) mass is 383 g/mol. The van der Waals surface area contributed by atoms with Crippen molar-refractivity contribution in [2.24, 2.45) is 0 Å². The summed E-state index contributed by atoms with van der Waals surface area (Å²) in [5, 5.41) is 0. The minimum atomic E-state index is -0.541. The van der Waals surface area contributed by atoms with Gasteiger partial charge in [0, 0.05) is 23.0 Å². The molecule has 1 aliphatic carbocycles. The lowest BCUT2D eigenvalue weighted by atomic mass is 10.0. The second-order valence-corrected chi connectivity index (χ2v) is 7.95. The van der Waals surface area contributed by atoms with Crippen LogP contribution in [0.1, 0.15) is 71.5 Å². The number of aromatic nitrogens is 1. The van der Waals surface area contributed by atoms with Gasteiger partial charge in [-0.2, -0.15) is 0 Å². The number of ketones is 1. The van der Waals surface area contributed by atoms with Gasteiger partial charge in [-0.1, -0.05) is 26.0 Å². The quantitative estimate of drug-likeness (QED) is 0.491. The highest BCUT2D eigenvalue weighted by Gasteiger charge is 2.28. The van der Waals surface area contributed by atoms with E-state index in [1.54, 1.807) is 0 Å². The Kier molecular flexibility index (Phi) is 5.92. The number of rotatable bonds is 8. The van der Waals surface area contributed by atoms with Gasteiger partial charge < -0.3 is 14.0 Å². The number of Topliss-reactive ketones (excluding diaryl/α,β-unsaturated/α-hetero) is 1. The highest BCUT2D eigenvalue weighted by molar-refractivity contribution is 5.99. The third kappa shape index (κ3) is 4.46. The molecule has 1 saturated carbocycles. The van der Waals surface area contributed by atoms with Gasteiger partial charge in [0.2, 0.25) is 5.78 Å². The first-order valence-electron chi connectivity index (χ1n) is 9.88. The van der Waals surface area contributed by atoms with Crippen LogP contribution < -0.4 is 4.74 Å². The van der Waals surface area contributed by atoms with Gasteiger partial charge in [-0.15, -0.1) is 0 Å². The minimum Gasteiger partial charge on any atom is -0.482 e. The van der Waals surface area contributed by atoms with Gasteiger partial charge in [0.1, 0.15) is 5.75 Å². The summed E-state index contributed by atoms with van der Waals surface area (Å²) in [4.78, 5) is 24.6. The van der Waals surface area contributed by atoms with Gasteiger partial charge in [-0.25, -0.2) is 4.79 Å². The molecule has 0 atom stereocenters. The molecule has 1 heterocycles. The van der Waals surface area contributed by atoms with Crippen molar-refractivity contribution in [3.8, 4) is 5.75 Å². The fourth-order valence-corrected chi connectivity index (χ4v) is 3.60. The maximum absolute atomic E-state index is 12.5. The van der Waals surface area contributed by atoms with Gasteiger partial charge in [0.15, 0.2) is 13.2 Å². The van der Waals surface area contributed by atoms with Crippen LogP contribution in [-0.2, 0) is 9.53 Å². The summed E-state index contributed by atoms with van der Waals surface area (Å²) in [6, 6.07) is 8.36. The van der Waals surface area contributed by atoms with Gasteiger partial charge >= 0.3 is 5.97 Å². The van der Waals surface area contributed by atoms with Crippen molar-refractivity contribution in [1.29, 1.82) is 0 Å². The van der Waals surface area contributed by atoms with E-state index in [1.807, 2.05) is 45.0 Å². The number of hydrogen-bond donors (Lipinski definition) is 0. The van der Waals surface area contributed by atoms with Crippen molar-refractivity contribution in [2.45, 2.75) is 59.4 Å². The molecule has 2 aromatic rings. The molecule has 1 aromatic heterocycles. The first kappa shape index (κ1) is 20.2. The van der Waals surface area contributed by atoms with Crippen LogP contribution in [0, 0.1) is 20.8 Å². The predicted octanol–water partition coefficient (Wildman–Crippen LogP) is 4.68. The van der Waals surface area contributed by atoms with Gasteiger partial charge in [-0.3, -0.25) is 4.79 Å². The van der Waals surface area contributed by atoms with E-state index in [0.717, 1.165) is 35.4 Å². The van der Waals surface area contributed by atoms with E-state index in [2.05, 4.69) is 18.4 Å². The first-order valence-corrected chi connectivity index (χ1v) is 9.88. The molecule has 5 heteroatoms. The van der Waals surface area contributed by atoms with E-state index in [0.29, 0.717) is 17.4 Å². The second kappa shape index (κ2) is 8.21. The van der Waals surface area contributed by atoms with E-state index in [9.17, 15) is 9.59 Å². The first-order chi connectivity index (χ1) is 13.3. The van der Waals surface area contributed by atoms with Crippen molar-refractivity contribution in [2.75, 3.05) is 13.2 Å². The molecule has 0 radical (unpaired) electrons. The molecule has 0 N–H and O–H groups in total. The number of carbonyl (C=O) groups is 2. The Morgan fingerprint density at radius 2 is 1.82 bits per heavy atom. The van der Waals surface area contributed by atoms with Crippen molar-refractivity contribution in [3.63, 3.8) is 0 Å². The number of carbonyl (C=O) groups excluding carboxylic acids is 2. The molecule has 0 saturated heterocycles. The lowest BCUT2D eigenvalue weighted by Gasteiger charge is -2.14. The standard InChI is InChI=1S/C23H29NO4/c1-14(2)19-9-6-15(3)10-22(19)27-13-23(26)28-12-21(25)20-11-16(4)24(17(20)5)18-7-8-18/h6,9-11,14,18H,7-8,12-13H2,1-5H3. The Balaban J connectivity index is 1.56. The molecule has 1 aliphatic rings. The van der Waals surface area contributed by atoms with Crippen LogP contribution in [0.25, 0.3) is 0 Å². The van der Waals surface area contributed by atoms with Crippen LogP contribution >= 0.6 is 0 Å². The Morgan fingerprint density at radius 3 is 2.46 bits per heavy atom. The Morgan fingerprint density at radius 1 is 1.11 bits per heavy atom. The number of benzene rings is 1. The van der Waals surface area contributed by atoms with Gasteiger partial charge in [0.25, 0.3) is 0 Å². The summed E-state index contributed by atoms with van der Waals surface area (Å²) in [7, 11) is 0. The lowest BCUT2D eigenvalue weighted by molar-refractivity contribution is -0.144. The molecule has 3 rings (SSSR count). The summed E-state index contributed by atoms with van der Waals surface area (Å²) < 4.78 is 13.1. The van der Waals surface area contributed by atoms with Crippen molar-refractivity contribution in [3.05, 3.63) is 52.3 Å². The molecule has 1 aromatic carbocycles. The molecular weight excluding hydrogens is 354 g/mol. The van der Waals surface area contributed by atoms with Gasteiger partial charge in [0.05, 0.1) is 0 Å². The summed E-state index contributed by atoms with van der Waals surface area (Å²) in [5.41, 5.74) is 4.78. The SMILES string of the molecule is Cc1ccc(C(C)C)c(OCC(=O)OCC(=O)c2cc(C)n(C3CC3)c2C)c1. The van der Waals surface area contributed by atoms with E-state index in [4.69, 9.17) is 9.47 Å². The molecule has 0 bridgehead atoms. The zero-order valence-electron chi connectivity index (χ0n) is 17.4. The topological polar surface area (TPSA) is 57.5 Å². The largest absolute Gasteiger partial charge is 0.482 e. The van der Waals surface area contributed by atoms with Crippen LogP contribution in [0.2, 0.25) is 0 Å². The normalized spacial score (nSPS) is 13.6. The molecule has 0 unspecified atom stereocenters. The molecule has 1 fully saturated rings. The van der Waals surface area contributed by atoms with Crippen LogP contribution in [-0.4, -0.2) is 29.5 Å². The number of nitrogens with zero attached hydrogens (tertiary/aromatic N) is 1. The van der Waals surface area contributed by atoms with Crippen molar-refractivity contribution >= 4 is 11.8 Å². The molecule has 0 amide bonds. The zero-order chi connectivity index (χ0) is 20.4.